The molecule has 0 spiro atoms. The van der Waals surface area contributed by atoms with Gasteiger partial charge in [-0.2, -0.15) is 10.4 Å². The van der Waals surface area contributed by atoms with Crippen LogP contribution in [0, 0.1) is 11.3 Å². The molecule has 0 fully saturated rings. The van der Waals surface area contributed by atoms with Crippen LogP contribution in [-0.2, 0) is 6.54 Å². The molecule has 2 heterocycles. The van der Waals surface area contributed by atoms with E-state index in [2.05, 4.69) is 10.1 Å². The third kappa shape index (κ3) is 2.62. The molecule has 2 aromatic heterocycles. The van der Waals surface area contributed by atoms with E-state index >= 15 is 0 Å². The Bertz CT molecular complexity index is 925. The van der Waals surface area contributed by atoms with E-state index in [1.807, 2.05) is 30.3 Å². The first-order valence-corrected chi connectivity index (χ1v) is 6.76. The highest BCUT2D eigenvalue weighted by atomic mass is 35.5. The van der Waals surface area contributed by atoms with Crippen molar-refractivity contribution in [3.05, 3.63) is 58.5 Å². The third-order valence-corrected chi connectivity index (χ3v) is 3.40. The van der Waals surface area contributed by atoms with Crippen LogP contribution in [-0.4, -0.2) is 20.7 Å². The second kappa shape index (κ2) is 5.47. The Morgan fingerprint density at radius 2 is 2.18 bits per heavy atom. The molecular formula is C15H10ClN5O. The number of amides is 1. The molecule has 7 heteroatoms. The molecule has 0 aliphatic rings. The molecule has 0 saturated carbocycles. The van der Waals surface area contributed by atoms with Crippen LogP contribution in [0.2, 0.25) is 5.02 Å². The highest BCUT2D eigenvalue weighted by Crippen LogP contribution is 2.19. The van der Waals surface area contributed by atoms with Crippen molar-refractivity contribution in [1.29, 1.82) is 5.26 Å². The SMILES string of the molecule is N#Cc1cc(C(N)=O)n(Cc2ccc3ncc(Cl)cc3c2)n1. The molecule has 0 saturated heterocycles. The Morgan fingerprint density at radius 1 is 1.36 bits per heavy atom. The average Bonchev–Trinajstić information content (AvgIpc) is 2.90. The lowest BCUT2D eigenvalue weighted by molar-refractivity contribution is 0.0990. The van der Waals surface area contributed by atoms with Crippen LogP contribution in [0.1, 0.15) is 21.7 Å². The smallest absolute Gasteiger partial charge is 0.267 e. The fourth-order valence-electron chi connectivity index (χ4n) is 2.22. The van der Waals surface area contributed by atoms with Crippen molar-refractivity contribution in [2.75, 3.05) is 0 Å². The van der Waals surface area contributed by atoms with E-state index in [0.717, 1.165) is 16.5 Å². The van der Waals surface area contributed by atoms with Crippen LogP contribution in [0.15, 0.2) is 36.5 Å². The topological polar surface area (TPSA) is 97.6 Å². The summed E-state index contributed by atoms with van der Waals surface area (Å²) in [5, 5.41) is 14.4. The van der Waals surface area contributed by atoms with Crippen LogP contribution in [0.25, 0.3) is 10.9 Å². The average molecular weight is 312 g/mol. The van der Waals surface area contributed by atoms with Crippen LogP contribution in [0.5, 0.6) is 0 Å². The predicted octanol–water partition coefficient (Wildman–Crippen LogP) is 2.10. The fraction of sp³-hybridized carbons (Fsp3) is 0.0667. The first-order chi connectivity index (χ1) is 10.6. The number of carbonyl (C=O) groups excluding carboxylic acids is 1. The van der Waals surface area contributed by atoms with E-state index < -0.39 is 5.91 Å². The minimum absolute atomic E-state index is 0.152. The minimum atomic E-state index is -0.625. The zero-order valence-corrected chi connectivity index (χ0v) is 12.1. The largest absolute Gasteiger partial charge is 0.364 e. The van der Waals surface area contributed by atoms with Gasteiger partial charge in [-0.05, 0) is 23.8 Å². The Hall–Kier alpha value is -2.91. The molecule has 0 radical (unpaired) electrons. The lowest BCUT2D eigenvalue weighted by atomic mass is 10.1. The van der Waals surface area contributed by atoms with Gasteiger partial charge in [-0.1, -0.05) is 17.7 Å². The molecule has 1 amide bonds. The zero-order valence-electron chi connectivity index (χ0n) is 11.3. The van der Waals surface area contributed by atoms with Crippen LogP contribution in [0.3, 0.4) is 0 Å². The van der Waals surface area contributed by atoms with Crippen molar-refractivity contribution in [1.82, 2.24) is 14.8 Å². The number of pyridine rings is 1. The number of rotatable bonds is 3. The number of nitriles is 1. The molecule has 0 unspecified atom stereocenters. The van der Waals surface area contributed by atoms with Gasteiger partial charge in [0.05, 0.1) is 17.1 Å². The molecule has 22 heavy (non-hydrogen) atoms. The van der Waals surface area contributed by atoms with Crippen LogP contribution in [0.4, 0.5) is 0 Å². The van der Waals surface area contributed by atoms with Crippen molar-refractivity contribution in [3.8, 4) is 6.07 Å². The first-order valence-electron chi connectivity index (χ1n) is 6.39. The Morgan fingerprint density at radius 3 is 2.91 bits per heavy atom. The number of aromatic nitrogens is 3. The standard InChI is InChI=1S/C15H10ClN5O/c16-11-4-10-3-9(1-2-13(10)19-7-11)8-21-14(15(18)22)5-12(6-17)20-21/h1-5,7H,8H2,(H2,18,22). The Labute approximate surface area is 130 Å². The maximum atomic E-state index is 11.4. The van der Waals surface area contributed by atoms with Gasteiger partial charge in [0.1, 0.15) is 11.8 Å². The Balaban J connectivity index is 2.01. The summed E-state index contributed by atoms with van der Waals surface area (Å²) >= 11 is 5.94. The normalized spacial score (nSPS) is 10.5. The van der Waals surface area contributed by atoms with Gasteiger partial charge in [-0.3, -0.25) is 14.5 Å². The molecule has 1 aromatic carbocycles. The quantitative estimate of drug-likeness (QED) is 0.800. The van der Waals surface area contributed by atoms with E-state index in [-0.39, 0.29) is 11.4 Å². The molecule has 3 rings (SSSR count). The summed E-state index contributed by atoms with van der Waals surface area (Å²) in [6.07, 6.45) is 1.58. The summed E-state index contributed by atoms with van der Waals surface area (Å²) in [6, 6.07) is 10.7. The summed E-state index contributed by atoms with van der Waals surface area (Å²) in [5.74, 6) is -0.625. The monoisotopic (exact) mass is 311 g/mol. The van der Waals surface area contributed by atoms with Crippen molar-refractivity contribution >= 4 is 28.4 Å². The molecule has 6 nitrogen and oxygen atoms in total. The number of carbonyl (C=O) groups is 1. The molecular weight excluding hydrogens is 302 g/mol. The molecule has 3 aromatic rings. The molecule has 0 atom stereocenters. The maximum absolute atomic E-state index is 11.4. The van der Waals surface area contributed by atoms with Gasteiger partial charge in [0, 0.05) is 17.6 Å². The summed E-state index contributed by atoms with van der Waals surface area (Å²) in [5.41, 5.74) is 7.37. The number of benzene rings is 1. The van der Waals surface area contributed by atoms with Gasteiger partial charge >= 0.3 is 0 Å². The summed E-state index contributed by atoms with van der Waals surface area (Å²) in [7, 11) is 0. The first kappa shape index (κ1) is 14.0. The minimum Gasteiger partial charge on any atom is -0.364 e. The predicted molar refractivity (Wildman–Crippen MR) is 81.3 cm³/mol. The van der Waals surface area contributed by atoms with Gasteiger partial charge in [0.25, 0.3) is 5.91 Å². The maximum Gasteiger partial charge on any atom is 0.267 e. The van der Waals surface area contributed by atoms with Crippen molar-refractivity contribution in [2.45, 2.75) is 6.54 Å². The number of nitrogens with zero attached hydrogens (tertiary/aromatic N) is 4. The number of hydrogen-bond acceptors (Lipinski definition) is 4. The van der Waals surface area contributed by atoms with Gasteiger partial charge in [0.2, 0.25) is 0 Å². The van der Waals surface area contributed by atoms with Crippen LogP contribution < -0.4 is 5.73 Å². The van der Waals surface area contributed by atoms with E-state index in [4.69, 9.17) is 22.6 Å². The van der Waals surface area contributed by atoms with Gasteiger partial charge in [0.15, 0.2) is 5.69 Å². The van der Waals surface area contributed by atoms with Crippen LogP contribution >= 0.6 is 11.6 Å². The van der Waals surface area contributed by atoms with E-state index in [0.29, 0.717) is 11.6 Å². The second-order valence-corrected chi connectivity index (χ2v) is 5.17. The summed E-state index contributed by atoms with van der Waals surface area (Å²) in [4.78, 5) is 15.6. The zero-order chi connectivity index (χ0) is 15.7. The van der Waals surface area contributed by atoms with Gasteiger partial charge < -0.3 is 5.73 Å². The van der Waals surface area contributed by atoms with E-state index in [9.17, 15) is 4.79 Å². The number of halogens is 1. The fourth-order valence-corrected chi connectivity index (χ4v) is 2.38. The van der Waals surface area contributed by atoms with Gasteiger partial charge in [-0.15, -0.1) is 0 Å². The van der Waals surface area contributed by atoms with E-state index in [1.165, 1.54) is 10.7 Å². The number of hydrogen-bond donors (Lipinski definition) is 1. The summed E-state index contributed by atoms with van der Waals surface area (Å²) in [6.45, 7) is 0.322. The molecule has 0 aliphatic heterocycles. The molecule has 108 valence electrons. The summed E-state index contributed by atoms with van der Waals surface area (Å²) < 4.78 is 1.42. The van der Waals surface area contributed by atoms with Crippen molar-refractivity contribution in [2.24, 2.45) is 5.73 Å². The van der Waals surface area contributed by atoms with E-state index in [1.54, 1.807) is 6.20 Å². The highest BCUT2D eigenvalue weighted by Gasteiger charge is 2.13. The number of nitrogens with two attached hydrogens (primary N) is 1. The van der Waals surface area contributed by atoms with Crippen molar-refractivity contribution < 1.29 is 4.79 Å². The molecule has 0 bridgehead atoms. The molecule has 2 N–H and O–H groups in total. The van der Waals surface area contributed by atoms with Gasteiger partial charge in [-0.25, -0.2) is 0 Å². The second-order valence-electron chi connectivity index (χ2n) is 4.73. The highest BCUT2D eigenvalue weighted by molar-refractivity contribution is 6.31. The third-order valence-electron chi connectivity index (χ3n) is 3.19. The Kier molecular flexibility index (Phi) is 3.49. The van der Waals surface area contributed by atoms with Crippen molar-refractivity contribution in [3.63, 3.8) is 0 Å². The molecule has 0 aliphatic carbocycles. The lowest BCUT2D eigenvalue weighted by Crippen LogP contribution is -2.18. The number of fused-ring (bicyclic) bond motifs is 1. The number of primary amides is 1. The lowest BCUT2D eigenvalue weighted by Gasteiger charge is -2.06.